The van der Waals surface area contributed by atoms with E-state index in [0.29, 0.717) is 33.3 Å². The summed E-state index contributed by atoms with van der Waals surface area (Å²) in [5.74, 6) is 0.320. The molecule has 0 fully saturated rings. The molecule has 0 aliphatic heterocycles. The Bertz CT molecular complexity index is 1580. The monoisotopic (exact) mass is 473 g/mol. The van der Waals surface area contributed by atoms with Crippen LogP contribution in [0.5, 0.6) is 0 Å². The van der Waals surface area contributed by atoms with Gasteiger partial charge in [-0.1, -0.05) is 42.1 Å². The Kier molecular flexibility index (Phi) is 5.85. The fraction of sp³-hybridized carbons (Fsp3) is 0.120. The van der Waals surface area contributed by atoms with Crippen molar-refractivity contribution in [3.05, 3.63) is 94.5 Å². The largest absolute Gasteiger partial charge is 0.326 e. The van der Waals surface area contributed by atoms with Gasteiger partial charge in [-0.05, 0) is 55.0 Å². The number of nitrogens with one attached hydrogen (secondary N) is 1. The smallest absolute Gasteiger partial charge is 0.267 e. The van der Waals surface area contributed by atoms with Crippen molar-refractivity contribution in [3.8, 4) is 5.69 Å². The van der Waals surface area contributed by atoms with Gasteiger partial charge >= 0.3 is 0 Å². The van der Waals surface area contributed by atoms with E-state index < -0.39 is 0 Å². The Morgan fingerprint density at radius 2 is 1.74 bits per heavy atom. The van der Waals surface area contributed by atoms with E-state index in [9.17, 15) is 14.0 Å². The van der Waals surface area contributed by atoms with E-state index in [0.717, 1.165) is 11.3 Å². The maximum Gasteiger partial charge on any atom is 0.267 e. The molecule has 9 heteroatoms. The number of para-hydroxylation sites is 2. The van der Waals surface area contributed by atoms with E-state index in [1.165, 1.54) is 36.0 Å². The SMILES string of the molecule is Cc1ccccc1-n1c(=O)c2ccccc2n2c(SCCC(=O)Nc3ccc(F)cc3)nnc12. The maximum atomic E-state index is 13.4. The first-order valence-electron chi connectivity index (χ1n) is 10.7. The molecule has 5 rings (SSSR count). The summed E-state index contributed by atoms with van der Waals surface area (Å²) in [7, 11) is 0. The van der Waals surface area contributed by atoms with Gasteiger partial charge in [0.15, 0.2) is 5.16 Å². The number of nitrogens with zero attached hydrogens (tertiary/aromatic N) is 4. The van der Waals surface area contributed by atoms with E-state index >= 15 is 0 Å². The summed E-state index contributed by atoms with van der Waals surface area (Å²) in [6, 6.07) is 20.6. The van der Waals surface area contributed by atoms with Crippen LogP contribution in [0.25, 0.3) is 22.4 Å². The zero-order chi connectivity index (χ0) is 23.7. The van der Waals surface area contributed by atoms with Crippen LogP contribution in [0.15, 0.2) is 82.7 Å². The van der Waals surface area contributed by atoms with Crippen LogP contribution in [0.2, 0.25) is 0 Å². The molecule has 2 heterocycles. The summed E-state index contributed by atoms with van der Waals surface area (Å²) in [4.78, 5) is 25.7. The Morgan fingerprint density at radius 3 is 2.53 bits per heavy atom. The third-order valence-corrected chi connectivity index (χ3v) is 6.37. The van der Waals surface area contributed by atoms with Gasteiger partial charge in [-0.2, -0.15) is 0 Å². The van der Waals surface area contributed by atoms with Crippen LogP contribution in [0.1, 0.15) is 12.0 Å². The topological polar surface area (TPSA) is 81.3 Å². The van der Waals surface area contributed by atoms with Gasteiger partial charge in [0.05, 0.1) is 16.6 Å². The zero-order valence-electron chi connectivity index (χ0n) is 18.2. The molecule has 0 unspecified atom stereocenters. The Morgan fingerprint density at radius 1 is 1.00 bits per heavy atom. The molecule has 3 aromatic carbocycles. The second-order valence-electron chi connectivity index (χ2n) is 7.72. The normalized spacial score (nSPS) is 11.2. The standard InChI is InChI=1S/C25H20FN5O2S/c1-16-6-2-4-8-20(16)30-23(33)19-7-3-5-9-21(19)31-24(30)28-29-25(31)34-15-14-22(32)27-18-12-10-17(26)11-13-18/h2-13H,14-15H2,1H3,(H,27,32). The minimum absolute atomic E-state index is 0.167. The first-order valence-corrected chi connectivity index (χ1v) is 11.6. The van der Waals surface area contributed by atoms with Gasteiger partial charge in [0.25, 0.3) is 5.56 Å². The number of rotatable bonds is 6. The molecule has 2 aromatic heterocycles. The molecular weight excluding hydrogens is 453 g/mol. The number of carbonyl (C=O) groups is 1. The Labute approximate surface area is 198 Å². The summed E-state index contributed by atoms with van der Waals surface area (Å²) < 4.78 is 16.5. The number of fused-ring (bicyclic) bond motifs is 3. The summed E-state index contributed by atoms with van der Waals surface area (Å²) in [6.07, 6.45) is 0.228. The van der Waals surface area contributed by atoms with Crippen molar-refractivity contribution in [1.29, 1.82) is 0 Å². The lowest BCUT2D eigenvalue weighted by atomic mass is 10.2. The molecule has 1 N–H and O–H groups in total. The van der Waals surface area contributed by atoms with Gasteiger partial charge in [0.2, 0.25) is 11.7 Å². The number of aryl methyl sites for hydroxylation is 1. The number of halogens is 1. The number of anilines is 1. The quantitative estimate of drug-likeness (QED) is 0.365. The van der Waals surface area contributed by atoms with Crippen LogP contribution < -0.4 is 10.9 Å². The molecule has 0 spiro atoms. The highest BCUT2D eigenvalue weighted by molar-refractivity contribution is 7.99. The molecule has 0 radical (unpaired) electrons. The van der Waals surface area contributed by atoms with Crippen LogP contribution >= 0.6 is 11.8 Å². The first-order chi connectivity index (χ1) is 16.5. The van der Waals surface area contributed by atoms with Crippen molar-refractivity contribution >= 4 is 40.0 Å². The fourth-order valence-electron chi connectivity index (χ4n) is 3.80. The van der Waals surface area contributed by atoms with Crippen molar-refractivity contribution in [2.75, 3.05) is 11.1 Å². The van der Waals surface area contributed by atoms with Gasteiger partial charge in [0.1, 0.15) is 5.82 Å². The second-order valence-corrected chi connectivity index (χ2v) is 8.78. The van der Waals surface area contributed by atoms with Crippen LogP contribution in [-0.4, -0.2) is 30.8 Å². The van der Waals surface area contributed by atoms with Crippen molar-refractivity contribution < 1.29 is 9.18 Å². The molecule has 0 aliphatic rings. The molecule has 0 saturated carbocycles. The molecular formula is C25H20FN5O2S. The minimum Gasteiger partial charge on any atom is -0.326 e. The average Bonchev–Trinajstić information content (AvgIpc) is 3.25. The van der Waals surface area contributed by atoms with Crippen LogP contribution in [-0.2, 0) is 4.79 Å². The van der Waals surface area contributed by atoms with E-state index in [-0.39, 0.29) is 23.7 Å². The van der Waals surface area contributed by atoms with Gasteiger partial charge in [-0.15, -0.1) is 10.2 Å². The zero-order valence-corrected chi connectivity index (χ0v) is 19.1. The lowest BCUT2D eigenvalue weighted by molar-refractivity contribution is -0.115. The lowest BCUT2D eigenvalue weighted by Gasteiger charge is -2.13. The molecule has 0 aliphatic carbocycles. The molecule has 0 atom stereocenters. The molecule has 7 nitrogen and oxygen atoms in total. The highest BCUT2D eigenvalue weighted by Gasteiger charge is 2.18. The van der Waals surface area contributed by atoms with Crippen LogP contribution in [0.3, 0.4) is 0 Å². The molecule has 170 valence electrons. The highest BCUT2D eigenvalue weighted by Crippen LogP contribution is 2.24. The third kappa shape index (κ3) is 4.06. The van der Waals surface area contributed by atoms with E-state index in [4.69, 9.17) is 0 Å². The van der Waals surface area contributed by atoms with Crippen LogP contribution in [0.4, 0.5) is 10.1 Å². The van der Waals surface area contributed by atoms with E-state index in [2.05, 4.69) is 15.5 Å². The van der Waals surface area contributed by atoms with Gasteiger partial charge in [0, 0.05) is 17.9 Å². The van der Waals surface area contributed by atoms with Crippen molar-refractivity contribution in [1.82, 2.24) is 19.2 Å². The number of amides is 1. The van der Waals surface area contributed by atoms with Crippen molar-refractivity contribution in [3.63, 3.8) is 0 Å². The molecule has 0 saturated heterocycles. The first kappa shape index (κ1) is 21.8. The number of hydrogen-bond donors (Lipinski definition) is 1. The summed E-state index contributed by atoms with van der Waals surface area (Å²) in [5, 5.41) is 12.6. The maximum absolute atomic E-state index is 13.4. The van der Waals surface area contributed by atoms with E-state index in [1.807, 2.05) is 53.8 Å². The number of carbonyl (C=O) groups excluding carboxylic acids is 1. The van der Waals surface area contributed by atoms with Gasteiger partial charge in [-0.25, -0.2) is 8.96 Å². The predicted molar refractivity (Wildman–Crippen MR) is 131 cm³/mol. The van der Waals surface area contributed by atoms with E-state index in [1.54, 1.807) is 10.6 Å². The summed E-state index contributed by atoms with van der Waals surface area (Å²) in [5.41, 5.74) is 2.76. The van der Waals surface area contributed by atoms with Gasteiger partial charge < -0.3 is 5.32 Å². The summed E-state index contributed by atoms with van der Waals surface area (Å²) >= 11 is 1.38. The molecule has 5 aromatic rings. The number of aromatic nitrogens is 4. The van der Waals surface area contributed by atoms with Crippen LogP contribution in [0, 0.1) is 12.7 Å². The number of hydrogen-bond acceptors (Lipinski definition) is 5. The average molecular weight is 474 g/mol. The highest BCUT2D eigenvalue weighted by atomic mass is 32.2. The lowest BCUT2D eigenvalue weighted by Crippen LogP contribution is -2.22. The Hall–Kier alpha value is -3.98. The molecule has 1 amide bonds. The number of thioether (sulfide) groups is 1. The fourth-order valence-corrected chi connectivity index (χ4v) is 4.67. The number of benzene rings is 3. The van der Waals surface area contributed by atoms with Gasteiger partial charge in [-0.3, -0.25) is 14.0 Å². The molecule has 0 bridgehead atoms. The summed E-state index contributed by atoms with van der Waals surface area (Å²) in [6.45, 7) is 1.94. The predicted octanol–water partition coefficient (Wildman–Crippen LogP) is 4.60. The minimum atomic E-state index is -0.358. The third-order valence-electron chi connectivity index (χ3n) is 5.44. The molecule has 34 heavy (non-hydrogen) atoms. The van der Waals surface area contributed by atoms with Crippen molar-refractivity contribution in [2.45, 2.75) is 18.5 Å². The Balaban J connectivity index is 1.47. The second kappa shape index (κ2) is 9.11. The van der Waals surface area contributed by atoms with Crippen molar-refractivity contribution in [2.24, 2.45) is 0 Å².